The van der Waals surface area contributed by atoms with Crippen LogP contribution in [0.3, 0.4) is 0 Å². The third-order valence-electron chi connectivity index (χ3n) is 2.75. The molecule has 0 aromatic carbocycles. The molecule has 0 saturated carbocycles. The Kier molecular flexibility index (Phi) is 3.50. The van der Waals surface area contributed by atoms with Gasteiger partial charge >= 0.3 is 0 Å². The van der Waals surface area contributed by atoms with Gasteiger partial charge in [-0.2, -0.15) is 0 Å². The molecule has 1 N–H and O–H groups in total. The van der Waals surface area contributed by atoms with Gasteiger partial charge in [0.2, 0.25) is 5.95 Å². The number of nitrogens with one attached hydrogen (secondary N) is 1. The lowest BCUT2D eigenvalue weighted by molar-refractivity contribution is 0.609. The van der Waals surface area contributed by atoms with Crippen LogP contribution >= 0.6 is 0 Å². The molecule has 1 aliphatic rings. The maximum absolute atomic E-state index is 4.33. The summed E-state index contributed by atoms with van der Waals surface area (Å²) >= 11 is 0. The predicted octanol–water partition coefficient (Wildman–Crippen LogP) is 1.05. The van der Waals surface area contributed by atoms with E-state index in [1.807, 2.05) is 18.5 Å². The Hall–Kier alpha value is -1.16. The molecule has 4 heteroatoms. The summed E-state index contributed by atoms with van der Waals surface area (Å²) in [4.78, 5) is 11.0. The lowest BCUT2D eigenvalue weighted by atomic mass is 10.2. The molecule has 0 spiro atoms. The van der Waals surface area contributed by atoms with Gasteiger partial charge in [0.1, 0.15) is 0 Å². The van der Waals surface area contributed by atoms with Crippen molar-refractivity contribution in [1.82, 2.24) is 15.3 Å². The van der Waals surface area contributed by atoms with Crippen LogP contribution in [-0.4, -0.2) is 35.6 Å². The van der Waals surface area contributed by atoms with Gasteiger partial charge in [0, 0.05) is 31.5 Å². The van der Waals surface area contributed by atoms with E-state index in [0.717, 1.165) is 32.0 Å². The van der Waals surface area contributed by atoms with Crippen molar-refractivity contribution in [3.8, 4) is 0 Å². The van der Waals surface area contributed by atoms with Gasteiger partial charge in [-0.1, -0.05) is 6.92 Å². The fourth-order valence-electron chi connectivity index (χ4n) is 2.03. The van der Waals surface area contributed by atoms with Crippen LogP contribution in [0.4, 0.5) is 5.95 Å². The molecular weight excluding hydrogens is 188 g/mol. The first-order chi connectivity index (χ1) is 7.42. The summed E-state index contributed by atoms with van der Waals surface area (Å²) in [7, 11) is 0. The zero-order valence-electron chi connectivity index (χ0n) is 9.19. The van der Waals surface area contributed by atoms with E-state index in [2.05, 4.69) is 27.1 Å². The highest BCUT2D eigenvalue weighted by atomic mass is 15.3. The molecule has 1 aromatic heterocycles. The minimum absolute atomic E-state index is 0.562. The van der Waals surface area contributed by atoms with Crippen molar-refractivity contribution < 1.29 is 0 Å². The largest absolute Gasteiger partial charge is 0.337 e. The molecule has 1 fully saturated rings. The highest BCUT2D eigenvalue weighted by molar-refractivity contribution is 5.31. The minimum Gasteiger partial charge on any atom is -0.337 e. The number of hydrogen-bond donors (Lipinski definition) is 1. The molecule has 0 aliphatic carbocycles. The first-order valence-electron chi connectivity index (χ1n) is 5.66. The van der Waals surface area contributed by atoms with Crippen LogP contribution < -0.4 is 10.2 Å². The molecule has 1 aliphatic heterocycles. The molecule has 0 bridgehead atoms. The molecule has 1 atom stereocenters. The summed E-state index contributed by atoms with van der Waals surface area (Å²) in [5.74, 6) is 0.869. The average molecular weight is 206 g/mol. The van der Waals surface area contributed by atoms with Crippen LogP contribution in [-0.2, 0) is 0 Å². The zero-order valence-corrected chi connectivity index (χ0v) is 9.19. The number of nitrogens with zero attached hydrogens (tertiary/aromatic N) is 3. The summed E-state index contributed by atoms with van der Waals surface area (Å²) in [6, 6.07) is 2.42. The highest BCUT2D eigenvalue weighted by Gasteiger charge is 2.23. The first-order valence-corrected chi connectivity index (χ1v) is 5.66. The summed E-state index contributed by atoms with van der Waals surface area (Å²) in [6.45, 7) is 5.39. The molecular formula is C11H18N4. The smallest absolute Gasteiger partial charge is 0.225 e. The standard InChI is InChI=1S/C11H18N4/c1-2-8-15(10-4-7-12-9-10)11-13-5-3-6-14-11/h3,5-6,10,12H,2,4,7-9H2,1H3. The monoisotopic (exact) mass is 206 g/mol. The maximum Gasteiger partial charge on any atom is 0.225 e. The Morgan fingerprint density at radius 2 is 2.27 bits per heavy atom. The van der Waals surface area contributed by atoms with E-state index >= 15 is 0 Å². The zero-order chi connectivity index (χ0) is 10.5. The van der Waals surface area contributed by atoms with Crippen molar-refractivity contribution in [2.45, 2.75) is 25.8 Å². The van der Waals surface area contributed by atoms with Crippen LogP contribution in [0.2, 0.25) is 0 Å². The molecule has 4 nitrogen and oxygen atoms in total. The predicted molar refractivity (Wildman–Crippen MR) is 60.9 cm³/mol. The molecule has 15 heavy (non-hydrogen) atoms. The van der Waals surface area contributed by atoms with Crippen molar-refractivity contribution in [3.63, 3.8) is 0 Å². The second-order valence-electron chi connectivity index (χ2n) is 3.89. The van der Waals surface area contributed by atoms with Gasteiger partial charge in [0.15, 0.2) is 0 Å². The highest BCUT2D eigenvalue weighted by Crippen LogP contribution is 2.15. The normalized spacial score (nSPS) is 20.5. The van der Waals surface area contributed by atoms with E-state index < -0.39 is 0 Å². The molecule has 2 rings (SSSR count). The van der Waals surface area contributed by atoms with Gasteiger partial charge in [-0.15, -0.1) is 0 Å². The Balaban J connectivity index is 2.11. The summed E-state index contributed by atoms with van der Waals surface area (Å²) in [6.07, 6.45) is 5.95. The van der Waals surface area contributed by atoms with Crippen LogP contribution in [0.1, 0.15) is 19.8 Å². The topological polar surface area (TPSA) is 41.1 Å². The van der Waals surface area contributed by atoms with Crippen molar-refractivity contribution in [1.29, 1.82) is 0 Å². The van der Waals surface area contributed by atoms with Crippen LogP contribution in [0.15, 0.2) is 18.5 Å². The van der Waals surface area contributed by atoms with E-state index in [4.69, 9.17) is 0 Å². The Bertz CT molecular complexity index is 282. The molecule has 0 radical (unpaired) electrons. The van der Waals surface area contributed by atoms with E-state index in [0.29, 0.717) is 6.04 Å². The maximum atomic E-state index is 4.33. The van der Waals surface area contributed by atoms with E-state index in [1.54, 1.807) is 0 Å². The van der Waals surface area contributed by atoms with E-state index in [1.165, 1.54) is 6.42 Å². The van der Waals surface area contributed by atoms with Gasteiger partial charge in [-0.3, -0.25) is 0 Å². The number of aromatic nitrogens is 2. The summed E-state index contributed by atoms with van der Waals surface area (Å²) in [5.41, 5.74) is 0. The van der Waals surface area contributed by atoms with Crippen molar-refractivity contribution >= 4 is 5.95 Å². The van der Waals surface area contributed by atoms with Crippen LogP contribution in [0.5, 0.6) is 0 Å². The molecule has 1 saturated heterocycles. The molecule has 1 aromatic rings. The number of hydrogen-bond acceptors (Lipinski definition) is 4. The third-order valence-corrected chi connectivity index (χ3v) is 2.75. The molecule has 82 valence electrons. The van der Waals surface area contributed by atoms with Gasteiger partial charge < -0.3 is 10.2 Å². The summed E-state index contributed by atoms with van der Waals surface area (Å²) < 4.78 is 0. The first kappa shape index (κ1) is 10.4. The fourth-order valence-corrected chi connectivity index (χ4v) is 2.03. The average Bonchev–Trinajstić information content (AvgIpc) is 2.80. The van der Waals surface area contributed by atoms with Gasteiger partial charge in [0.25, 0.3) is 0 Å². The quantitative estimate of drug-likeness (QED) is 0.799. The SMILES string of the molecule is CCCN(c1ncccn1)C1CCNC1. The third kappa shape index (κ3) is 2.45. The fraction of sp³-hybridized carbons (Fsp3) is 0.636. The second kappa shape index (κ2) is 5.07. The Morgan fingerprint density at radius 1 is 1.47 bits per heavy atom. The molecule has 2 heterocycles. The van der Waals surface area contributed by atoms with Crippen LogP contribution in [0.25, 0.3) is 0 Å². The van der Waals surface area contributed by atoms with E-state index in [9.17, 15) is 0 Å². The Labute approximate surface area is 90.7 Å². The van der Waals surface area contributed by atoms with Gasteiger partial charge in [0.05, 0.1) is 0 Å². The lowest BCUT2D eigenvalue weighted by Crippen LogP contribution is -2.38. The number of rotatable bonds is 4. The lowest BCUT2D eigenvalue weighted by Gasteiger charge is -2.27. The van der Waals surface area contributed by atoms with E-state index in [-0.39, 0.29) is 0 Å². The minimum atomic E-state index is 0.562. The van der Waals surface area contributed by atoms with Gasteiger partial charge in [-0.25, -0.2) is 9.97 Å². The van der Waals surface area contributed by atoms with Crippen LogP contribution in [0, 0.1) is 0 Å². The second-order valence-corrected chi connectivity index (χ2v) is 3.89. The van der Waals surface area contributed by atoms with Crippen molar-refractivity contribution in [2.75, 3.05) is 24.5 Å². The van der Waals surface area contributed by atoms with Crippen molar-refractivity contribution in [2.24, 2.45) is 0 Å². The van der Waals surface area contributed by atoms with Gasteiger partial charge in [-0.05, 0) is 25.5 Å². The molecule has 1 unspecified atom stereocenters. The number of anilines is 1. The molecule has 0 amide bonds. The summed E-state index contributed by atoms with van der Waals surface area (Å²) in [5, 5.41) is 3.38. The van der Waals surface area contributed by atoms with Crippen molar-refractivity contribution in [3.05, 3.63) is 18.5 Å². The Morgan fingerprint density at radius 3 is 2.87 bits per heavy atom.